The molecule has 0 bridgehead atoms. The molecule has 134 valence electrons. The minimum absolute atomic E-state index is 0.255. The molecule has 1 fully saturated rings. The van der Waals surface area contributed by atoms with Crippen LogP contribution >= 0.6 is 0 Å². The fourth-order valence-corrected chi connectivity index (χ4v) is 3.49. The maximum absolute atomic E-state index is 5.84. The average Bonchev–Trinajstić information content (AvgIpc) is 2.53. The van der Waals surface area contributed by atoms with Gasteiger partial charge >= 0.3 is 0 Å². The topological polar surface area (TPSA) is 12.5 Å². The Hall–Kier alpha value is -1.12. The van der Waals surface area contributed by atoms with Crippen LogP contribution in [0.15, 0.2) is 29.8 Å². The molecule has 0 aliphatic carbocycles. The third-order valence-corrected chi connectivity index (χ3v) is 5.58. The van der Waals surface area contributed by atoms with Crippen LogP contribution < -0.4 is 0 Å². The van der Waals surface area contributed by atoms with E-state index in [1.54, 1.807) is 0 Å². The fourth-order valence-electron chi connectivity index (χ4n) is 3.49. The third kappa shape index (κ3) is 4.70. The van der Waals surface area contributed by atoms with Crippen molar-refractivity contribution >= 4 is 5.57 Å². The van der Waals surface area contributed by atoms with Gasteiger partial charge in [0.25, 0.3) is 0 Å². The molecule has 1 aliphatic heterocycles. The van der Waals surface area contributed by atoms with E-state index in [1.165, 1.54) is 22.3 Å². The Balaban J connectivity index is 2.11. The zero-order valence-electron chi connectivity index (χ0n) is 16.6. The second-order valence-electron chi connectivity index (χ2n) is 8.17. The van der Waals surface area contributed by atoms with Crippen molar-refractivity contribution in [2.45, 2.75) is 72.5 Å². The summed E-state index contributed by atoms with van der Waals surface area (Å²) in [5, 5.41) is 0. The van der Waals surface area contributed by atoms with Gasteiger partial charge in [0, 0.05) is 19.6 Å². The lowest BCUT2D eigenvalue weighted by Crippen LogP contribution is -2.45. The van der Waals surface area contributed by atoms with Crippen LogP contribution in [0, 0.1) is 0 Å². The Labute approximate surface area is 148 Å². The number of morpholine rings is 1. The van der Waals surface area contributed by atoms with E-state index < -0.39 is 0 Å². The van der Waals surface area contributed by atoms with E-state index in [2.05, 4.69) is 77.6 Å². The van der Waals surface area contributed by atoms with E-state index in [-0.39, 0.29) is 5.41 Å². The van der Waals surface area contributed by atoms with Crippen molar-refractivity contribution in [2.75, 3.05) is 19.6 Å². The van der Waals surface area contributed by atoms with Crippen LogP contribution in [0.5, 0.6) is 0 Å². The minimum atomic E-state index is 0.255. The number of rotatable bonds is 5. The number of benzene rings is 1. The van der Waals surface area contributed by atoms with Crippen molar-refractivity contribution < 1.29 is 4.74 Å². The summed E-state index contributed by atoms with van der Waals surface area (Å²) < 4.78 is 5.84. The quantitative estimate of drug-likeness (QED) is 0.729. The highest BCUT2D eigenvalue weighted by Gasteiger charge is 2.22. The zero-order valence-corrected chi connectivity index (χ0v) is 16.6. The molecule has 2 atom stereocenters. The van der Waals surface area contributed by atoms with E-state index in [0.717, 1.165) is 26.1 Å². The molecule has 1 heterocycles. The largest absolute Gasteiger partial charge is 0.373 e. The molecular formula is C22H35NO. The molecule has 2 heteroatoms. The summed E-state index contributed by atoms with van der Waals surface area (Å²) in [5.74, 6) is 0. The highest BCUT2D eigenvalue weighted by molar-refractivity contribution is 5.67. The predicted molar refractivity (Wildman–Crippen MR) is 104 cm³/mol. The first-order valence-corrected chi connectivity index (χ1v) is 9.38. The van der Waals surface area contributed by atoms with E-state index in [4.69, 9.17) is 4.74 Å². The molecule has 1 aromatic rings. The van der Waals surface area contributed by atoms with Crippen LogP contribution in [0.2, 0.25) is 0 Å². The molecule has 24 heavy (non-hydrogen) atoms. The second-order valence-corrected chi connectivity index (χ2v) is 8.17. The summed E-state index contributed by atoms with van der Waals surface area (Å²) in [4.78, 5) is 2.52. The van der Waals surface area contributed by atoms with Crippen LogP contribution in [0.25, 0.3) is 5.57 Å². The predicted octanol–water partition coefficient (Wildman–Crippen LogP) is 5.28. The number of hydrogen-bond donors (Lipinski definition) is 0. The lowest BCUT2D eigenvalue weighted by atomic mass is 9.81. The summed E-state index contributed by atoms with van der Waals surface area (Å²) in [5.41, 5.74) is 5.89. The summed E-state index contributed by atoms with van der Waals surface area (Å²) in [7, 11) is 0. The van der Waals surface area contributed by atoms with Gasteiger partial charge in [-0.25, -0.2) is 0 Å². The first-order valence-electron chi connectivity index (χ1n) is 9.38. The summed E-state index contributed by atoms with van der Waals surface area (Å²) in [6, 6.07) is 9.18. The van der Waals surface area contributed by atoms with Crippen molar-refractivity contribution in [1.29, 1.82) is 0 Å². The van der Waals surface area contributed by atoms with Crippen LogP contribution in [0.1, 0.15) is 66.0 Å². The maximum Gasteiger partial charge on any atom is 0.0678 e. The van der Waals surface area contributed by atoms with Gasteiger partial charge in [-0.2, -0.15) is 0 Å². The summed E-state index contributed by atoms with van der Waals surface area (Å²) in [6.45, 7) is 18.8. The lowest BCUT2D eigenvalue weighted by Gasteiger charge is -2.35. The Morgan fingerprint density at radius 1 is 1.08 bits per heavy atom. The normalized spacial score (nSPS) is 24.0. The van der Waals surface area contributed by atoms with Crippen LogP contribution in [0.4, 0.5) is 0 Å². The minimum Gasteiger partial charge on any atom is -0.373 e. The van der Waals surface area contributed by atoms with Crippen molar-refractivity contribution in [2.24, 2.45) is 0 Å². The Morgan fingerprint density at radius 3 is 2.12 bits per heavy atom. The number of allylic oxidation sites excluding steroid dienone is 1. The Kier molecular flexibility index (Phi) is 6.28. The van der Waals surface area contributed by atoms with Crippen molar-refractivity contribution in [3.05, 3.63) is 41.0 Å². The van der Waals surface area contributed by atoms with Gasteiger partial charge in [0.15, 0.2) is 0 Å². The van der Waals surface area contributed by atoms with E-state index >= 15 is 0 Å². The smallest absolute Gasteiger partial charge is 0.0678 e. The summed E-state index contributed by atoms with van der Waals surface area (Å²) in [6.07, 6.45) is 1.82. The van der Waals surface area contributed by atoms with Gasteiger partial charge in [0.1, 0.15) is 0 Å². The molecule has 1 aromatic carbocycles. The van der Waals surface area contributed by atoms with Crippen LogP contribution in [0.3, 0.4) is 0 Å². The molecular weight excluding hydrogens is 294 g/mol. The molecule has 2 unspecified atom stereocenters. The Morgan fingerprint density at radius 2 is 1.62 bits per heavy atom. The molecule has 2 nitrogen and oxygen atoms in total. The molecule has 0 saturated carbocycles. The highest BCUT2D eigenvalue weighted by Crippen LogP contribution is 2.28. The van der Waals surface area contributed by atoms with Crippen LogP contribution in [-0.2, 0) is 10.2 Å². The summed E-state index contributed by atoms with van der Waals surface area (Å²) >= 11 is 0. The molecule has 0 amide bonds. The van der Waals surface area contributed by atoms with E-state index in [1.807, 2.05) is 0 Å². The molecule has 0 spiro atoms. The second kappa shape index (κ2) is 7.84. The SMILES string of the molecule is CCC(C)(C)c1ccc(/C(C)=C(\C)CN2CC(C)OC(C)C2)cc1. The lowest BCUT2D eigenvalue weighted by molar-refractivity contribution is -0.0652. The van der Waals surface area contributed by atoms with Gasteiger partial charge in [-0.3, -0.25) is 4.90 Å². The molecule has 2 rings (SSSR count). The van der Waals surface area contributed by atoms with Gasteiger partial charge in [0.2, 0.25) is 0 Å². The maximum atomic E-state index is 5.84. The number of ether oxygens (including phenoxy) is 1. The van der Waals surface area contributed by atoms with Crippen LogP contribution in [-0.4, -0.2) is 36.7 Å². The standard InChI is InChI=1S/C22H35NO/c1-8-22(6,7)21-11-9-20(10-12-21)19(5)16(2)13-23-14-17(3)24-18(4)15-23/h9-12,17-18H,8,13-15H2,1-7H3/b19-16+. The fraction of sp³-hybridized carbons (Fsp3) is 0.636. The third-order valence-electron chi connectivity index (χ3n) is 5.58. The molecule has 1 saturated heterocycles. The number of nitrogens with zero attached hydrogens (tertiary/aromatic N) is 1. The van der Waals surface area contributed by atoms with Gasteiger partial charge in [-0.15, -0.1) is 0 Å². The van der Waals surface area contributed by atoms with Gasteiger partial charge in [0.05, 0.1) is 12.2 Å². The monoisotopic (exact) mass is 329 g/mol. The van der Waals surface area contributed by atoms with Gasteiger partial charge < -0.3 is 4.74 Å². The van der Waals surface area contributed by atoms with E-state index in [9.17, 15) is 0 Å². The van der Waals surface area contributed by atoms with Crippen molar-refractivity contribution in [3.63, 3.8) is 0 Å². The highest BCUT2D eigenvalue weighted by atomic mass is 16.5. The van der Waals surface area contributed by atoms with Gasteiger partial charge in [-0.05, 0) is 56.2 Å². The molecule has 0 radical (unpaired) electrons. The van der Waals surface area contributed by atoms with E-state index in [0.29, 0.717) is 12.2 Å². The van der Waals surface area contributed by atoms with Crippen molar-refractivity contribution in [3.8, 4) is 0 Å². The molecule has 1 aliphatic rings. The number of hydrogen-bond acceptors (Lipinski definition) is 2. The molecule has 0 aromatic heterocycles. The van der Waals surface area contributed by atoms with Crippen molar-refractivity contribution in [1.82, 2.24) is 4.90 Å². The Bertz CT molecular complexity index is 560. The molecule has 0 N–H and O–H groups in total. The van der Waals surface area contributed by atoms with Gasteiger partial charge in [-0.1, -0.05) is 50.6 Å². The first-order chi connectivity index (χ1) is 11.2. The first kappa shape index (κ1) is 19.2. The zero-order chi connectivity index (χ0) is 17.9. The average molecular weight is 330 g/mol.